The number of nitrogens with zero attached hydrogens (tertiary/aromatic N) is 1. The highest BCUT2D eigenvalue weighted by atomic mass is 19.4. The van der Waals surface area contributed by atoms with Crippen LogP contribution in [0.5, 0.6) is 0 Å². The van der Waals surface area contributed by atoms with Gasteiger partial charge in [-0.2, -0.15) is 13.2 Å². The van der Waals surface area contributed by atoms with Crippen LogP contribution in [-0.2, 0) is 9.53 Å². The van der Waals surface area contributed by atoms with Crippen molar-refractivity contribution in [1.82, 2.24) is 10.3 Å². The van der Waals surface area contributed by atoms with Crippen molar-refractivity contribution in [3.8, 4) is 0 Å². The molecule has 0 bridgehead atoms. The summed E-state index contributed by atoms with van der Waals surface area (Å²) in [5.74, 6) is -3.15. The van der Waals surface area contributed by atoms with Gasteiger partial charge in [-0.1, -0.05) is 24.3 Å². The molecule has 1 aromatic carbocycles. The predicted molar refractivity (Wildman–Crippen MR) is 104 cm³/mol. The van der Waals surface area contributed by atoms with Crippen molar-refractivity contribution in [2.24, 2.45) is 5.92 Å². The van der Waals surface area contributed by atoms with Gasteiger partial charge in [0.05, 0.1) is 23.6 Å². The van der Waals surface area contributed by atoms with E-state index in [0.717, 1.165) is 11.1 Å². The predicted octanol–water partition coefficient (Wildman–Crippen LogP) is 3.81. The summed E-state index contributed by atoms with van der Waals surface area (Å²) in [5.41, 5.74) is 2.30. The zero-order valence-electron chi connectivity index (χ0n) is 16.2. The lowest BCUT2D eigenvalue weighted by atomic mass is 9.85. The van der Waals surface area contributed by atoms with Gasteiger partial charge >= 0.3 is 12.1 Å². The summed E-state index contributed by atoms with van der Waals surface area (Å²) in [6.45, 7) is -0.181. The van der Waals surface area contributed by atoms with Crippen LogP contribution in [0.1, 0.15) is 35.2 Å². The molecule has 3 rings (SSSR count). The van der Waals surface area contributed by atoms with Crippen molar-refractivity contribution >= 4 is 28.4 Å². The monoisotopic (exact) mass is 422 g/mol. The molecule has 0 fully saturated rings. The van der Waals surface area contributed by atoms with E-state index in [1.54, 1.807) is 30.3 Å². The SMILES string of the molecule is COC[C@@H](NC(=O)c1cnc2c(C3=CC[C@H](C(F)(F)F)CC3)cccc2c1)C(=O)O. The van der Waals surface area contributed by atoms with Crippen LogP contribution in [0.3, 0.4) is 0 Å². The van der Waals surface area contributed by atoms with E-state index in [0.29, 0.717) is 17.3 Å². The minimum atomic E-state index is -4.20. The number of hydrogen-bond acceptors (Lipinski definition) is 4. The van der Waals surface area contributed by atoms with Crippen LogP contribution >= 0.6 is 0 Å². The number of rotatable bonds is 6. The highest BCUT2D eigenvalue weighted by molar-refractivity contribution is 6.00. The summed E-state index contributed by atoms with van der Waals surface area (Å²) >= 11 is 0. The van der Waals surface area contributed by atoms with Gasteiger partial charge in [-0.25, -0.2) is 4.79 Å². The second-order valence-corrected chi connectivity index (χ2v) is 7.16. The molecule has 0 spiro atoms. The van der Waals surface area contributed by atoms with Crippen molar-refractivity contribution in [3.63, 3.8) is 0 Å². The first kappa shape index (κ1) is 21.8. The molecule has 9 heteroatoms. The van der Waals surface area contributed by atoms with Crippen LogP contribution in [0, 0.1) is 5.92 Å². The molecule has 30 heavy (non-hydrogen) atoms. The number of benzene rings is 1. The summed E-state index contributed by atoms with van der Waals surface area (Å²) in [5, 5.41) is 12.1. The Balaban J connectivity index is 1.85. The van der Waals surface area contributed by atoms with E-state index in [-0.39, 0.29) is 25.0 Å². The van der Waals surface area contributed by atoms with E-state index < -0.39 is 30.0 Å². The molecule has 1 amide bonds. The zero-order valence-corrected chi connectivity index (χ0v) is 16.2. The van der Waals surface area contributed by atoms with Gasteiger partial charge in [0.1, 0.15) is 0 Å². The first-order chi connectivity index (χ1) is 14.2. The number of para-hydroxylation sites is 1. The average molecular weight is 422 g/mol. The molecule has 0 unspecified atom stereocenters. The fourth-order valence-electron chi connectivity index (χ4n) is 3.50. The maximum absolute atomic E-state index is 12.9. The quantitative estimate of drug-likeness (QED) is 0.739. The van der Waals surface area contributed by atoms with Crippen molar-refractivity contribution in [3.05, 3.63) is 47.7 Å². The second-order valence-electron chi connectivity index (χ2n) is 7.16. The van der Waals surface area contributed by atoms with E-state index >= 15 is 0 Å². The molecular formula is C21H21F3N2O4. The normalized spacial score (nSPS) is 18.0. The number of fused-ring (bicyclic) bond motifs is 1. The summed E-state index contributed by atoms with van der Waals surface area (Å²) in [6, 6.07) is 5.68. The Morgan fingerprint density at radius 3 is 2.73 bits per heavy atom. The number of carbonyl (C=O) groups excluding carboxylic acids is 1. The molecule has 0 radical (unpaired) electrons. The van der Waals surface area contributed by atoms with Crippen LogP contribution < -0.4 is 5.32 Å². The van der Waals surface area contributed by atoms with E-state index in [4.69, 9.17) is 9.84 Å². The number of ether oxygens (including phenoxy) is 1. The number of allylic oxidation sites excluding steroid dienone is 2. The molecule has 0 aliphatic heterocycles. The lowest BCUT2D eigenvalue weighted by Crippen LogP contribution is -2.43. The molecule has 1 aromatic heterocycles. The number of alkyl halides is 3. The standard InChI is InChI=1S/C21H21F3N2O4/c1-30-11-17(20(28)29)26-19(27)14-9-13-3-2-4-16(18(13)25-10-14)12-5-7-15(8-6-12)21(22,23)24/h2-5,9-10,15,17H,6-8,11H2,1H3,(H,26,27)(H,28,29)/t15-,17+/m0/s1. The number of nitrogens with one attached hydrogen (secondary N) is 1. The fourth-order valence-corrected chi connectivity index (χ4v) is 3.50. The lowest BCUT2D eigenvalue weighted by molar-refractivity contribution is -0.175. The Kier molecular flexibility index (Phi) is 6.40. The molecule has 0 saturated heterocycles. The molecule has 6 nitrogen and oxygen atoms in total. The molecule has 0 saturated carbocycles. The van der Waals surface area contributed by atoms with Crippen molar-refractivity contribution in [2.45, 2.75) is 31.5 Å². The minimum absolute atomic E-state index is 0.0300. The van der Waals surface area contributed by atoms with Gasteiger partial charge in [0, 0.05) is 24.3 Å². The molecule has 1 aliphatic carbocycles. The molecular weight excluding hydrogens is 401 g/mol. The highest BCUT2D eigenvalue weighted by Gasteiger charge is 2.39. The number of carboxylic acid groups (broad SMARTS) is 1. The molecule has 2 atom stereocenters. The van der Waals surface area contributed by atoms with Gasteiger partial charge in [-0.3, -0.25) is 9.78 Å². The largest absolute Gasteiger partial charge is 0.480 e. The van der Waals surface area contributed by atoms with Crippen LogP contribution in [0.15, 0.2) is 36.5 Å². The second kappa shape index (κ2) is 8.83. The van der Waals surface area contributed by atoms with E-state index in [2.05, 4.69) is 10.3 Å². The van der Waals surface area contributed by atoms with E-state index in [1.165, 1.54) is 13.3 Å². The number of aromatic nitrogens is 1. The summed E-state index contributed by atoms with van der Waals surface area (Å²) in [7, 11) is 1.33. The van der Waals surface area contributed by atoms with Crippen LogP contribution in [0.25, 0.3) is 16.5 Å². The van der Waals surface area contributed by atoms with Crippen LogP contribution in [0.4, 0.5) is 13.2 Å². The maximum atomic E-state index is 12.9. The Hall–Kier alpha value is -2.94. The third-order valence-corrected chi connectivity index (χ3v) is 5.13. The van der Waals surface area contributed by atoms with Gasteiger partial charge in [0.15, 0.2) is 6.04 Å². The summed E-state index contributed by atoms with van der Waals surface area (Å²) in [6.07, 6.45) is -0.994. The molecule has 1 heterocycles. The Bertz CT molecular complexity index is 988. The van der Waals surface area contributed by atoms with Gasteiger partial charge < -0.3 is 15.2 Å². The number of aliphatic carboxylic acids is 1. The van der Waals surface area contributed by atoms with Crippen molar-refractivity contribution < 1.29 is 32.6 Å². The zero-order chi connectivity index (χ0) is 21.9. The number of hydrogen-bond donors (Lipinski definition) is 2. The minimum Gasteiger partial charge on any atom is -0.480 e. The Morgan fingerprint density at radius 2 is 2.13 bits per heavy atom. The number of carbonyl (C=O) groups is 2. The number of methoxy groups -OCH3 is 1. The van der Waals surface area contributed by atoms with Crippen molar-refractivity contribution in [2.75, 3.05) is 13.7 Å². The maximum Gasteiger partial charge on any atom is 0.392 e. The molecule has 2 N–H and O–H groups in total. The summed E-state index contributed by atoms with van der Waals surface area (Å²) < 4.78 is 43.5. The molecule has 160 valence electrons. The van der Waals surface area contributed by atoms with Crippen LogP contribution in [0.2, 0.25) is 0 Å². The van der Waals surface area contributed by atoms with E-state index in [1.807, 2.05) is 0 Å². The number of pyridine rings is 1. The van der Waals surface area contributed by atoms with Crippen molar-refractivity contribution in [1.29, 1.82) is 0 Å². The van der Waals surface area contributed by atoms with Gasteiger partial charge in [-0.15, -0.1) is 0 Å². The Morgan fingerprint density at radius 1 is 1.37 bits per heavy atom. The molecule has 2 aromatic rings. The number of halogens is 3. The Labute approximate surface area is 170 Å². The highest BCUT2D eigenvalue weighted by Crippen LogP contribution is 2.40. The fraction of sp³-hybridized carbons (Fsp3) is 0.381. The first-order valence-electron chi connectivity index (χ1n) is 9.38. The molecule has 1 aliphatic rings. The van der Waals surface area contributed by atoms with Gasteiger partial charge in [0.25, 0.3) is 5.91 Å². The van der Waals surface area contributed by atoms with E-state index in [9.17, 15) is 22.8 Å². The van der Waals surface area contributed by atoms with Gasteiger partial charge in [0.2, 0.25) is 0 Å². The first-order valence-corrected chi connectivity index (χ1v) is 9.38. The van der Waals surface area contributed by atoms with Crippen LogP contribution in [-0.4, -0.2) is 47.9 Å². The third-order valence-electron chi connectivity index (χ3n) is 5.13. The number of amides is 1. The lowest BCUT2D eigenvalue weighted by Gasteiger charge is -2.24. The van der Waals surface area contributed by atoms with Gasteiger partial charge in [-0.05, 0) is 30.9 Å². The third kappa shape index (κ3) is 4.79. The topological polar surface area (TPSA) is 88.5 Å². The average Bonchev–Trinajstić information content (AvgIpc) is 2.72. The number of carboxylic acids is 1. The smallest absolute Gasteiger partial charge is 0.392 e. The summed E-state index contributed by atoms with van der Waals surface area (Å²) in [4.78, 5) is 27.9.